The molecular weight excluding hydrogens is 500 g/mol. The Hall–Kier alpha value is -3.94. The van der Waals surface area contributed by atoms with Crippen molar-refractivity contribution in [1.82, 2.24) is 19.7 Å². The second-order valence-corrected chi connectivity index (χ2v) is 10.8. The Balaban J connectivity index is 1.33. The topological polar surface area (TPSA) is 66.8 Å². The van der Waals surface area contributed by atoms with Crippen molar-refractivity contribution in [3.63, 3.8) is 0 Å². The van der Waals surface area contributed by atoms with E-state index in [4.69, 9.17) is 4.74 Å². The number of aryl methyl sites for hydroxylation is 2. The molecule has 0 radical (unpaired) electrons. The van der Waals surface area contributed by atoms with E-state index >= 15 is 0 Å². The summed E-state index contributed by atoms with van der Waals surface area (Å²) in [7, 11) is 2.08. The van der Waals surface area contributed by atoms with Gasteiger partial charge in [0.25, 0.3) is 5.91 Å². The summed E-state index contributed by atoms with van der Waals surface area (Å²) >= 11 is 0. The molecule has 3 aromatic carbocycles. The van der Waals surface area contributed by atoms with E-state index in [0.29, 0.717) is 12.1 Å². The highest BCUT2D eigenvalue weighted by atomic mass is 16.5. The van der Waals surface area contributed by atoms with E-state index < -0.39 is 0 Å². The van der Waals surface area contributed by atoms with E-state index in [1.54, 1.807) is 4.90 Å². The van der Waals surface area contributed by atoms with E-state index in [1.165, 1.54) is 5.56 Å². The number of nitrogens with one attached hydrogen (secondary N) is 1. The van der Waals surface area contributed by atoms with Crippen molar-refractivity contribution in [1.29, 1.82) is 0 Å². The van der Waals surface area contributed by atoms with Gasteiger partial charge in [-0.3, -0.25) is 14.5 Å². The van der Waals surface area contributed by atoms with Crippen LogP contribution in [-0.4, -0.2) is 72.1 Å². The van der Waals surface area contributed by atoms with Crippen molar-refractivity contribution in [3.8, 4) is 11.3 Å². The Morgan fingerprint density at radius 1 is 0.975 bits per heavy atom. The third-order valence-corrected chi connectivity index (χ3v) is 8.19. The number of carbonyl (C=O) groups is 2. The van der Waals surface area contributed by atoms with E-state index in [-0.39, 0.29) is 24.4 Å². The Kier molecular flexibility index (Phi) is 7.41. The van der Waals surface area contributed by atoms with Gasteiger partial charge in [-0.25, -0.2) is 0 Å². The second-order valence-electron chi connectivity index (χ2n) is 10.8. The maximum atomic E-state index is 13.8. The standard InChI is InChI=1S/C33H36N4O3/c1-23-12-14-24(15-13-23)31-30(27-10-5-6-11-28(27)35(31)2)32-25-8-3-4-9-26(25)33(39)37(32)22-29(38)34-16-7-17-36-18-20-40-21-19-36/h3-6,8-15,32H,7,16-22H2,1-2H3,(H,34,38). The molecule has 0 saturated carbocycles. The van der Waals surface area contributed by atoms with Gasteiger partial charge in [0.15, 0.2) is 0 Å². The van der Waals surface area contributed by atoms with Crippen molar-refractivity contribution < 1.29 is 14.3 Å². The summed E-state index contributed by atoms with van der Waals surface area (Å²) in [6.45, 7) is 7.00. The average molecular weight is 537 g/mol. The number of fused-ring (bicyclic) bond motifs is 2. The van der Waals surface area contributed by atoms with Crippen LogP contribution in [0.3, 0.4) is 0 Å². The largest absolute Gasteiger partial charge is 0.379 e. The maximum absolute atomic E-state index is 13.8. The van der Waals surface area contributed by atoms with Gasteiger partial charge in [0, 0.05) is 48.7 Å². The molecule has 3 heterocycles. The fourth-order valence-corrected chi connectivity index (χ4v) is 6.17. The molecule has 1 N–H and O–H groups in total. The normalized spacial score (nSPS) is 17.4. The summed E-state index contributed by atoms with van der Waals surface area (Å²) in [5, 5.41) is 4.16. The zero-order chi connectivity index (χ0) is 27.6. The van der Waals surface area contributed by atoms with Crippen LogP contribution in [0.15, 0.2) is 72.8 Å². The van der Waals surface area contributed by atoms with Crippen molar-refractivity contribution in [2.75, 3.05) is 45.9 Å². The predicted octanol–water partition coefficient (Wildman–Crippen LogP) is 4.54. The molecule has 1 fully saturated rings. The van der Waals surface area contributed by atoms with Crippen LogP contribution in [0.2, 0.25) is 0 Å². The first-order valence-electron chi connectivity index (χ1n) is 14.1. The minimum Gasteiger partial charge on any atom is -0.379 e. The summed E-state index contributed by atoms with van der Waals surface area (Å²) in [4.78, 5) is 31.2. The lowest BCUT2D eigenvalue weighted by atomic mass is 9.93. The van der Waals surface area contributed by atoms with Crippen molar-refractivity contribution in [2.24, 2.45) is 7.05 Å². The summed E-state index contributed by atoms with van der Waals surface area (Å²) in [5.74, 6) is -0.239. The van der Waals surface area contributed by atoms with E-state index in [2.05, 4.69) is 65.2 Å². The van der Waals surface area contributed by atoms with E-state index in [1.807, 2.05) is 36.4 Å². The fraction of sp³-hybridized carbons (Fsp3) is 0.333. The molecular formula is C33H36N4O3. The first-order chi connectivity index (χ1) is 19.5. The van der Waals surface area contributed by atoms with Crippen molar-refractivity contribution in [3.05, 3.63) is 95.1 Å². The summed E-state index contributed by atoms with van der Waals surface area (Å²) in [6.07, 6.45) is 0.865. The van der Waals surface area contributed by atoms with E-state index in [0.717, 1.165) is 72.6 Å². The van der Waals surface area contributed by atoms with Crippen LogP contribution in [0.25, 0.3) is 22.2 Å². The number of carbonyl (C=O) groups excluding carboxylic acids is 2. The van der Waals surface area contributed by atoms with E-state index in [9.17, 15) is 9.59 Å². The average Bonchev–Trinajstić information content (AvgIpc) is 3.42. The number of nitrogens with zero attached hydrogens (tertiary/aromatic N) is 3. The Morgan fingerprint density at radius 2 is 1.70 bits per heavy atom. The van der Waals surface area contributed by atoms with Crippen LogP contribution in [0.5, 0.6) is 0 Å². The molecule has 0 aliphatic carbocycles. The third-order valence-electron chi connectivity index (χ3n) is 8.19. The van der Waals surface area contributed by atoms with Crippen LogP contribution in [0.4, 0.5) is 0 Å². The Labute approximate surface area is 235 Å². The van der Waals surface area contributed by atoms with Gasteiger partial charge in [-0.1, -0.05) is 66.2 Å². The highest BCUT2D eigenvalue weighted by Gasteiger charge is 2.41. The molecule has 1 unspecified atom stereocenters. The zero-order valence-electron chi connectivity index (χ0n) is 23.2. The highest BCUT2D eigenvalue weighted by molar-refractivity contribution is 6.03. The minimum absolute atomic E-state index is 0.00624. The zero-order valence-corrected chi connectivity index (χ0v) is 23.2. The van der Waals surface area contributed by atoms with Gasteiger partial charge < -0.3 is 19.5 Å². The van der Waals surface area contributed by atoms with Gasteiger partial charge in [0.05, 0.1) is 24.9 Å². The number of amides is 2. The molecule has 2 amide bonds. The number of aromatic nitrogens is 1. The van der Waals surface area contributed by atoms with Crippen LogP contribution in [0, 0.1) is 6.92 Å². The van der Waals surface area contributed by atoms with Gasteiger partial charge in [-0.2, -0.15) is 0 Å². The minimum atomic E-state index is -0.370. The van der Waals surface area contributed by atoms with Gasteiger partial charge in [-0.05, 0) is 43.1 Å². The number of rotatable bonds is 8. The van der Waals surface area contributed by atoms with Crippen LogP contribution >= 0.6 is 0 Å². The number of morpholine rings is 1. The van der Waals surface area contributed by atoms with Gasteiger partial charge >= 0.3 is 0 Å². The molecule has 0 spiro atoms. The molecule has 7 heteroatoms. The number of hydrogen-bond acceptors (Lipinski definition) is 4. The molecule has 1 saturated heterocycles. The summed E-state index contributed by atoms with van der Waals surface area (Å²) in [5.41, 5.74) is 7.10. The first kappa shape index (κ1) is 26.3. The third kappa shape index (κ3) is 4.91. The number of benzene rings is 3. The second kappa shape index (κ2) is 11.3. The number of hydrogen-bond donors (Lipinski definition) is 1. The monoisotopic (exact) mass is 536 g/mol. The molecule has 206 valence electrons. The smallest absolute Gasteiger partial charge is 0.255 e. The van der Waals surface area contributed by atoms with Crippen molar-refractivity contribution in [2.45, 2.75) is 19.4 Å². The predicted molar refractivity (Wildman–Crippen MR) is 157 cm³/mol. The Bertz CT molecular complexity index is 1540. The number of para-hydroxylation sites is 1. The molecule has 1 atom stereocenters. The molecule has 40 heavy (non-hydrogen) atoms. The van der Waals surface area contributed by atoms with Crippen LogP contribution in [-0.2, 0) is 16.6 Å². The van der Waals surface area contributed by atoms with Crippen molar-refractivity contribution >= 4 is 22.7 Å². The SMILES string of the molecule is Cc1ccc(-c2c(C3c4ccccc4C(=O)N3CC(=O)NCCCN3CCOCC3)c3ccccc3n2C)cc1. The maximum Gasteiger partial charge on any atom is 0.255 e. The van der Waals surface area contributed by atoms with Crippen LogP contribution in [0.1, 0.15) is 39.5 Å². The van der Waals surface area contributed by atoms with Gasteiger partial charge in [0.1, 0.15) is 6.54 Å². The van der Waals surface area contributed by atoms with Gasteiger partial charge in [-0.15, -0.1) is 0 Å². The molecule has 7 nitrogen and oxygen atoms in total. The first-order valence-corrected chi connectivity index (χ1v) is 14.1. The fourth-order valence-electron chi connectivity index (χ4n) is 6.17. The molecule has 0 bridgehead atoms. The lowest BCUT2D eigenvalue weighted by Crippen LogP contribution is -2.41. The molecule has 1 aromatic heterocycles. The lowest BCUT2D eigenvalue weighted by Gasteiger charge is -2.27. The lowest BCUT2D eigenvalue weighted by molar-refractivity contribution is -0.122. The highest BCUT2D eigenvalue weighted by Crippen LogP contribution is 2.46. The van der Waals surface area contributed by atoms with Gasteiger partial charge in [0.2, 0.25) is 5.91 Å². The van der Waals surface area contributed by atoms with Crippen LogP contribution < -0.4 is 5.32 Å². The summed E-state index contributed by atoms with van der Waals surface area (Å²) in [6, 6.07) is 24.2. The molecule has 6 rings (SSSR count). The molecule has 2 aliphatic heterocycles. The Morgan fingerprint density at radius 3 is 2.50 bits per heavy atom. The quantitative estimate of drug-likeness (QED) is 0.336. The molecule has 2 aliphatic rings. The molecule has 4 aromatic rings. The summed E-state index contributed by atoms with van der Waals surface area (Å²) < 4.78 is 7.63. The number of ether oxygens (including phenoxy) is 1.